The van der Waals surface area contributed by atoms with Crippen LogP contribution in [0, 0.1) is 0 Å². The summed E-state index contributed by atoms with van der Waals surface area (Å²) in [5.74, 6) is 0.0197. The molecule has 2 rings (SSSR count). The first-order valence-electron chi connectivity index (χ1n) is 7.78. The zero-order valence-electron chi connectivity index (χ0n) is 12.9. The fourth-order valence-corrected chi connectivity index (χ4v) is 2.57. The third-order valence-electron chi connectivity index (χ3n) is 3.99. The van der Waals surface area contributed by atoms with Gasteiger partial charge in [0.1, 0.15) is 0 Å². The van der Waals surface area contributed by atoms with Crippen molar-refractivity contribution < 1.29 is 14.6 Å². The molecule has 1 aliphatic rings. The minimum atomic E-state index is -0.269. The van der Waals surface area contributed by atoms with Crippen LogP contribution >= 0.6 is 0 Å². The van der Waals surface area contributed by atoms with Gasteiger partial charge in [-0.05, 0) is 37.5 Å². The molecule has 0 aliphatic carbocycles. The van der Waals surface area contributed by atoms with E-state index in [1.807, 2.05) is 31.2 Å². The molecule has 2 unspecified atom stereocenters. The molecule has 0 bridgehead atoms. The highest BCUT2D eigenvalue weighted by atomic mass is 16.5. The van der Waals surface area contributed by atoms with Crippen molar-refractivity contribution >= 4 is 5.91 Å². The highest BCUT2D eigenvalue weighted by Gasteiger charge is 2.29. The minimum absolute atomic E-state index is 0.0197. The average molecular weight is 291 g/mol. The van der Waals surface area contributed by atoms with E-state index in [2.05, 4.69) is 6.92 Å². The standard InChI is InChI=1S/C17H25NO3/c1-3-4-5-14-6-8-15(9-7-14)17(20)18-10-16(11-19)21-12-13(18)2/h6-9,13,16,19H,3-5,10-12H2,1-2H3. The van der Waals surface area contributed by atoms with Crippen LogP contribution in [0.5, 0.6) is 0 Å². The van der Waals surface area contributed by atoms with Crippen molar-refractivity contribution in [2.45, 2.75) is 45.3 Å². The zero-order valence-corrected chi connectivity index (χ0v) is 12.9. The predicted molar refractivity (Wildman–Crippen MR) is 82.4 cm³/mol. The topological polar surface area (TPSA) is 49.8 Å². The summed E-state index contributed by atoms with van der Waals surface area (Å²) >= 11 is 0. The van der Waals surface area contributed by atoms with Gasteiger partial charge in [-0.1, -0.05) is 25.5 Å². The van der Waals surface area contributed by atoms with Crippen molar-refractivity contribution in [3.05, 3.63) is 35.4 Å². The summed E-state index contributed by atoms with van der Waals surface area (Å²) in [6.07, 6.45) is 3.14. The Balaban J connectivity index is 2.04. The van der Waals surface area contributed by atoms with Gasteiger partial charge in [0.2, 0.25) is 0 Å². The smallest absolute Gasteiger partial charge is 0.254 e. The molecule has 0 saturated carbocycles. The van der Waals surface area contributed by atoms with Gasteiger partial charge in [-0.25, -0.2) is 0 Å². The minimum Gasteiger partial charge on any atom is -0.394 e. The molecule has 1 fully saturated rings. The first-order chi connectivity index (χ1) is 10.2. The van der Waals surface area contributed by atoms with Gasteiger partial charge in [0, 0.05) is 12.1 Å². The predicted octanol–water partition coefficient (Wildman–Crippen LogP) is 2.25. The van der Waals surface area contributed by atoms with Crippen LogP contribution in [0.4, 0.5) is 0 Å². The molecule has 0 radical (unpaired) electrons. The van der Waals surface area contributed by atoms with Crippen molar-refractivity contribution in [2.24, 2.45) is 0 Å². The summed E-state index contributed by atoms with van der Waals surface area (Å²) in [6.45, 7) is 5.03. The Morgan fingerprint density at radius 2 is 2.10 bits per heavy atom. The fraction of sp³-hybridized carbons (Fsp3) is 0.588. The van der Waals surface area contributed by atoms with E-state index in [-0.39, 0.29) is 24.7 Å². The average Bonchev–Trinajstić information content (AvgIpc) is 2.53. The van der Waals surface area contributed by atoms with E-state index in [0.717, 1.165) is 6.42 Å². The number of nitrogens with zero attached hydrogens (tertiary/aromatic N) is 1. The molecule has 0 spiro atoms. The lowest BCUT2D eigenvalue weighted by Crippen LogP contribution is -2.52. The lowest BCUT2D eigenvalue weighted by Gasteiger charge is -2.37. The number of hydrogen-bond acceptors (Lipinski definition) is 3. The lowest BCUT2D eigenvalue weighted by molar-refractivity contribution is -0.0667. The van der Waals surface area contributed by atoms with E-state index in [4.69, 9.17) is 4.74 Å². The number of aryl methyl sites for hydroxylation is 1. The Morgan fingerprint density at radius 1 is 1.38 bits per heavy atom. The van der Waals surface area contributed by atoms with E-state index in [1.54, 1.807) is 4.90 Å². The number of ether oxygens (including phenoxy) is 1. The number of aliphatic hydroxyl groups is 1. The summed E-state index contributed by atoms with van der Waals surface area (Å²) in [4.78, 5) is 14.4. The van der Waals surface area contributed by atoms with Crippen LogP contribution < -0.4 is 0 Å². The number of unbranched alkanes of at least 4 members (excludes halogenated alkanes) is 1. The Labute approximate surface area is 126 Å². The molecule has 1 amide bonds. The van der Waals surface area contributed by atoms with E-state index in [1.165, 1.54) is 18.4 Å². The Morgan fingerprint density at radius 3 is 2.71 bits per heavy atom. The molecule has 1 heterocycles. The van der Waals surface area contributed by atoms with Gasteiger partial charge >= 0.3 is 0 Å². The number of aliphatic hydroxyl groups excluding tert-OH is 1. The number of hydrogen-bond donors (Lipinski definition) is 1. The number of carbonyl (C=O) groups excluding carboxylic acids is 1. The third kappa shape index (κ3) is 4.05. The number of carbonyl (C=O) groups is 1. The normalized spacial score (nSPS) is 22.3. The second kappa shape index (κ2) is 7.57. The van der Waals surface area contributed by atoms with Crippen molar-refractivity contribution in [1.29, 1.82) is 0 Å². The molecule has 1 aromatic carbocycles. The van der Waals surface area contributed by atoms with Crippen LogP contribution in [0.2, 0.25) is 0 Å². The molecule has 21 heavy (non-hydrogen) atoms. The van der Waals surface area contributed by atoms with Crippen LogP contribution in [0.1, 0.15) is 42.6 Å². The summed E-state index contributed by atoms with van der Waals surface area (Å²) in [5, 5.41) is 9.20. The maximum atomic E-state index is 12.6. The van der Waals surface area contributed by atoms with Gasteiger partial charge in [0.25, 0.3) is 5.91 Å². The number of morpholine rings is 1. The highest BCUT2D eigenvalue weighted by Crippen LogP contribution is 2.16. The molecule has 116 valence electrons. The third-order valence-corrected chi connectivity index (χ3v) is 3.99. The second-order valence-electron chi connectivity index (χ2n) is 5.74. The van der Waals surface area contributed by atoms with E-state index >= 15 is 0 Å². The SMILES string of the molecule is CCCCc1ccc(C(=O)N2CC(CO)OCC2C)cc1. The van der Waals surface area contributed by atoms with Gasteiger partial charge in [-0.15, -0.1) is 0 Å². The summed E-state index contributed by atoms with van der Waals surface area (Å²) in [5.41, 5.74) is 1.98. The molecular formula is C17H25NO3. The van der Waals surface area contributed by atoms with Crippen molar-refractivity contribution in [1.82, 2.24) is 4.90 Å². The molecule has 2 atom stereocenters. The number of rotatable bonds is 5. The van der Waals surface area contributed by atoms with Gasteiger partial charge in [-0.2, -0.15) is 0 Å². The summed E-state index contributed by atoms with van der Waals surface area (Å²) in [6, 6.07) is 7.93. The number of benzene rings is 1. The molecule has 1 aliphatic heterocycles. The summed E-state index contributed by atoms with van der Waals surface area (Å²) in [7, 11) is 0. The van der Waals surface area contributed by atoms with E-state index < -0.39 is 0 Å². The van der Waals surface area contributed by atoms with E-state index in [9.17, 15) is 9.90 Å². The molecule has 1 aromatic rings. The quantitative estimate of drug-likeness (QED) is 0.905. The van der Waals surface area contributed by atoms with Gasteiger partial charge < -0.3 is 14.7 Å². The summed E-state index contributed by atoms with van der Waals surface area (Å²) < 4.78 is 5.48. The Hall–Kier alpha value is -1.39. The largest absolute Gasteiger partial charge is 0.394 e. The van der Waals surface area contributed by atoms with Crippen LogP contribution in [0.25, 0.3) is 0 Å². The monoisotopic (exact) mass is 291 g/mol. The zero-order chi connectivity index (χ0) is 15.2. The fourth-order valence-electron chi connectivity index (χ4n) is 2.57. The van der Waals surface area contributed by atoms with Crippen LogP contribution in [-0.2, 0) is 11.2 Å². The first kappa shape index (κ1) is 16.0. The van der Waals surface area contributed by atoms with Crippen molar-refractivity contribution in [3.63, 3.8) is 0 Å². The molecule has 1 N–H and O–H groups in total. The maximum Gasteiger partial charge on any atom is 0.254 e. The number of amides is 1. The van der Waals surface area contributed by atoms with Gasteiger partial charge in [-0.3, -0.25) is 4.79 Å². The van der Waals surface area contributed by atoms with Gasteiger partial charge in [0.05, 0.1) is 25.4 Å². The van der Waals surface area contributed by atoms with Crippen LogP contribution in [0.3, 0.4) is 0 Å². The maximum absolute atomic E-state index is 12.6. The van der Waals surface area contributed by atoms with E-state index in [0.29, 0.717) is 18.7 Å². The van der Waals surface area contributed by atoms with Gasteiger partial charge in [0.15, 0.2) is 0 Å². The Kier molecular flexibility index (Phi) is 5.76. The van der Waals surface area contributed by atoms with Crippen molar-refractivity contribution in [3.8, 4) is 0 Å². The Bertz CT molecular complexity index is 458. The molecular weight excluding hydrogens is 266 g/mol. The molecule has 1 saturated heterocycles. The van der Waals surface area contributed by atoms with Crippen molar-refractivity contribution in [2.75, 3.05) is 19.8 Å². The molecule has 4 nitrogen and oxygen atoms in total. The lowest BCUT2D eigenvalue weighted by atomic mass is 10.0. The van der Waals surface area contributed by atoms with Crippen LogP contribution in [0.15, 0.2) is 24.3 Å². The first-order valence-corrected chi connectivity index (χ1v) is 7.78. The highest BCUT2D eigenvalue weighted by molar-refractivity contribution is 5.94. The molecule has 0 aromatic heterocycles. The molecule has 4 heteroatoms. The second-order valence-corrected chi connectivity index (χ2v) is 5.74. The van der Waals surface area contributed by atoms with Crippen LogP contribution in [-0.4, -0.2) is 47.8 Å².